The molecule has 2 nitrogen and oxygen atoms in total. The molecule has 1 atom stereocenters. The molecule has 0 saturated heterocycles. The lowest BCUT2D eigenvalue weighted by Crippen LogP contribution is -2.23. The highest BCUT2D eigenvalue weighted by molar-refractivity contribution is 5.27. The van der Waals surface area contributed by atoms with Crippen LogP contribution >= 0.6 is 0 Å². The van der Waals surface area contributed by atoms with E-state index in [0.717, 1.165) is 25.0 Å². The Morgan fingerprint density at radius 1 is 1.19 bits per heavy atom. The van der Waals surface area contributed by atoms with Gasteiger partial charge in [-0.1, -0.05) is 19.1 Å². The predicted molar refractivity (Wildman–Crippen MR) is 66.8 cm³/mol. The van der Waals surface area contributed by atoms with Crippen LogP contribution in [0, 0.1) is 0 Å². The fourth-order valence-electron chi connectivity index (χ4n) is 1.51. The van der Waals surface area contributed by atoms with Crippen molar-refractivity contribution in [1.82, 2.24) is 0 Å². The number of ether oxygens (including phenoxy) is 1. The van der Waals surface area contributed by atoms with E-state index in [1.807, 2.05) is 32.9 Å². The fraction of sp³-hybridized carbons (Fsp3) is 0.571. The Morgan fingerprint density at radius 3 is 2.31 bits per heavy atom. The van der Waals surface area contributed by atoms with Crippen molar-refractivity contribution in [3.05, 3.63) is 29.8 Å². The van der Waals surface area contributed by atoms with E-state index < -0.39 is 5.60 Å². The minimum absolute atomic E-state index is 0.543. The zero-order chi connectivity index (χ0) is 12.0. The standard InChI is InChI=1S/C14H22O2/c1-4-14(3,15)11-10-12-6-8-13(9-7-12)16-5-2/h6-9,15H,4-5,10-11H2,1-3H3. The van der Waals surface area contributed by atoms with Gasteiger partial charge in [0.05, 0.1) is 12.2 Å². The summed E-state index contributed by atoms with van der Waals surface area (Å²) in [6.07, 6.45) is 2.51. The third-order valence-corrected chi connectivity index (χ3v) is 2.95. The Bertz CT molecular complexity index is 301. The van der Waals surface area contributed by atoms with Crippen molar-refractivity contribution < 1.29 is 9.84 Å². The minimum Gasteiger partial charge on any atom is -0.494 e. The van der Waals surface area contributed by atoms with E-state index in [0.29, 0.717) is 6.61 Å². The maximum absolute atomic E-state index is 9.90. The lowest BCUT2D eigenvalue weighted by molar-refractivity contribution is 0.0473. The van der Waals surface area contributed by atoms with Gasteiger partial charge in [-0.2, -0.15) is 0 Å². The first kappa shape index (κ1) is 13.0. The third kappa shape index (κ3) is 4.23. The Kier molecular flexibility index (Phi) is 4.81. The third-order valence-electron chi connectivity index (χ3n) is 2.95. The summed E-state index contributed by atoms with van der Waals surface area (Å²) >= 11 is 0. The summed E-state index contributed by atoms with van der Waals surface area (Å²) < 4.78 is 5.38. The fourth-order valence-corrected chi connectivity index (χ4v) is 1.51. The predicted octanol–water partition coefficient (Wildman–Crippen LogP) is 3.18. The normalized spacial score (nSPS) is 14.5. The second kappa shape index (κ2) is 5.90. The van der Waals surface area contributed by atoms with Crippen LogP contribution in [-0.4, -0.2) is 17.3 Å². The molecule has 0 radical (unpaired) electrons. The average molecular weight is 222 g/mol. The first-order valence-corrected chi connectivity index (χ1v) is 6.01. The number of aryl methyl sites for hydroxylation is 1. The van der Waals surface area contributed by atoms with Gasteiger partial charge in [-0.25, -0.2) is 0 Å². The van der Waals surface area contributed by atoms with Gasteiger partial charge >= 0.3 is 0 Å². The zero-order valence-electron chi connectivity index (χ0n) is 10.5. The largest absolute Gasteiger partial charge is 0.494 e. The molecule has 1 N–H and O–H groups in total. The molecular formula is C14H22O2. The van der Waals surface area contributed by atoms with E-state index in [9.17, 15) is 5.11 Å². The number of rotatable bonds is 6. The van der Waals surface area contributed by atoms with Crippen LogP contribution in [0.1, 0.15) is 39.2 Å². The molecule has 0 saturated carbocycles. The van der Waals surface area contributed by atoms with Crippen LogP contribution in [0.4, 0.5) is 0 Å². The molecule has 1 unspecified atom stereocenters. The highest BCUT2D eigenvalue weighted by atomic mass is 16.5. The Balaban J connectivity index is 2.49. The minimum atomic E-state index is -0.543. The summed E-state index contributed by atoms with van der Waals surface area (Å²) in [6.45, 7) is 6.58. The number of hydrogen-bond acceptors (Lipinski definition) is 2. The zero-order valence-corrected chi connectivity index (χ0v) is 10.5. The SMILES string of the molecule is CCOc1ccc(CCC(C)(O)CC)cc1. The Labute approximate surface area is 98.3 Å². The van der Waals surface area contributed by atoms with Crippen LogP contribution in [0.2, 0.25) is 0 Å². The second-order valence-corrected chi connectivity index (χ2v) is 4.43. The summed E-state index contributed by atoms with van der Waals surface area (Å²) in [5, 5.41) is 9.90. The van der Waals surface area contributed by atoms with Crippen molar-refractivity contribution in [3.63, 3.8) is 0 Å². The quantitative estimate of drug-likeness (QED) is 0.801. The summed E-state index contributed by atoms with van der Waals surface area (Å²) in [5.41, 5.74) is 0.704. The summed E-state index contributed by atoms with van der Waals surface area (Å²) in [7, 11) is 0. The van der Waals surface area contributed by atoms with Crippen LogP contribution in [0.15, 0.2) is 24.3 Å². The van der Waals surface area contributed by atoms with Gasteiger partial charge in [0, 0.05) is 0 Å². The molecule has 90 valence electrons. The van der Waals surface area contributed by atoms with Gasteiger partial charge in [-0.15, -0.1) is 0 Å². The summed E-state index contributed by atoms with van der Waals surface area (Å²) in [4.78, 5) is 0. The molecule has 0 bridgehead atoms. The molecule has 0 aliphatic heterocycles. The van der Waals surface area contributed by atoms with Crippen molar-refractivity contribution in [1.29, 1.82) is 0 Å². The van der Waals surface area contributed by atoms with Crippen LogP contribution in [0.5, 0.6) is 5.75 Å². The highest BCUT2D eigenvalue weighted by Gasteiger charge is 2.16. The van der Waals surface area contributed by atoms with Crippen molar-refractivity contribution in [2.75, 3.05) is 6.61 Å². The van der Waals surface area contributed by atoms with E-state index in [2.05, 4.69) is 12.1 Å². The maximum atomic E-state index is 9.90. The van der Waals surface area contributed by atoms with Crippen molar-refractivity contribution in [2.45, 2.75) is 45.6 Å². The number of benzene rings is 1. The first-order chi connectivity index (χ1) is 7.57. The van der Waals surface area contributed by atoms with Gasteiger partial charge in [0.1, 0.15) is 5.75 Å². The molecule has 0 heterocycles. The van der Waals surface area contributed by atoms with Gasteiger partial charge in [0.25, 0.3) is 0 Å². The van der Waals surface area contributed by atoms with E-state index in [4.69, 9.17) is 4.74 Å². The molecule has 0 aliphatic rings. The van der Waals surface area contributed by atoms with Crippen LogP contribution in [0.25, 0.3) is 0 Å². The summed E-state index contributed by atoms with van der Waals surface area (Å²) in [6, 6.07) is 8.10. The molecule has 2 heteroatoms. The number of aliphatic hydroxyl groups is 1. The molecule has 1 aromatic carbocycles. The molecule has 1 aromatic rings. The maximum Gasteiger partial charge on any atom is 0.119 e. The summed E-state index contributed by atoms with van der Waals surface area (Å²) in [5.74, 6) is 0.911. The lowest BCUT2D eigenvalue weighted by atomic mass is 9.94. The van der Waals surface area contributed by atoms with E-state index in [1.54, 1.807) is 0 Å². The monoisotopic (exact) mass is 222 g/mol. The Hall–Kier alpha value is -1.02. The molecule has 0 aromatic heterocycles. The lowest BCUT2D eigenvalue weighted by Gasteiger charge is -2.20. The van der Waals surface area contributed by atoms with Crippen molar-refractivity contribution >= 4 is 0 Å². The van der Waals surface area contributed by atoms with E-state index in [1.165, 1.54) is 5.56 Å². The molecule has 1 rings (SSSR count). The van der Waals surface area contributed by atoms with Gasteiger partial charge in [0.15, 0.2) is 0 Å². The molecule has 0 fully saturated rings. The smallest absolute Gasteiger partial charge is 0.119 e. The Morgan fingerprint density at radius 2 is 1.81 bits per heavy atom. The van der Waals surface area contributed by atoms with Crippen LogP contribution in [0.3, 0.4) is 0 Å². The molecular weight excluding hydrogens is 200 g/mol. The van der Waals surface area contributed by atoms with Gasteiger partial charge in [-0.05, 0) is 50.8 Å². The van der Waals surface area contributed by atoms with Gasteiger partial charge < -0.3 is 9.84 Å². The van der Waals surface area contributed by atoms with Gasteiger partial charge in [0.2, 0.25) is 0 Å². The molecule has 16 heavy (non-hydrogen) atoms. The van der Waals surface area contributed by atoms with Crippen LogP contribution in [-0.2, 0) is 6.42 Å². The second-order valence-electron chi connectivity index (χ2n) is 4.43. The van der Waals surface area contributed by atoms with Crippen molar-refractivity contribution in [3.8, 4) is 5.75 Å². The highest BCUT2D eigenvalue weighted by Crippen LogP contribution is 2.19. The van der Waals surface area contributed by atoms with E-state index >= 15 is 0 Å². The molecule has 0 amide bonds. The van der Waals surface area contributed by atoms with Crippen LogP contribution < -0.4 is 4.74 Å². The van der Waals surface area contributed by atoms with Crippen molar-refractivity contribution in [2.24, 2.45) is 0 Å². The first-order valence-electron chi connectivity index (χ1n) is 6.01. The van der Waals surface area contributed by atoms with Gasteiger partial charge in [-0.3, -0.25) is 0 Å². The number of hydrogen-bond donors (Lipinski definition) is 1. The average Bonchev–Trinajstić information content (AvgIpc) is 2.29. The topological polar surface area (TPSA) is 29.5 Å². The van der Waals surface area contributed by atoms with E-state index in [-0.39, 0.29) is 0 Å². The molecule has 0 spiro atoms. The molecule has 0 aliphatic carbocycles.